The third-order valence-corrected chi connectivity index (χ3v) is 3.72. The average Bonchev–Trinajstić information content (AvgIpc) is 2.99. The van der Waals surface area contributed by atoms with Gasteiger partial charge in [0.1, 0.15) is 18.3 Å². The van der Waals surface area contributed by atoms with Crippen LogP contribution >= 0.6 is 0 Å². The van der Waals surface area contributed by atoms with Crippen molar-refractivity contribution < 1.29 is 19.3 Å². The number of anilines is 1. The maximum Gasteiger partial charge on any atom is 0.227 e. The second-order valence-electron chi connectivity index (χ2n) is 4.86. The number of aromatic nitrogens is 3. The number of hydrogen-bond donors (Lipinski definition) is 2. The molecule has 4 atom stereocenters. The molecule has 4 rings (SSSR count). The van der Waals surface area contributed by atoms with Crippen LogP contribution in [-0.4, -0.2) is 51.7 Å². The van der Waals surface area contributed by atoms with E-state index in [2.05, 4.69) is 9.97 Å². The Morgan fingerprint density at radius 2 is 2.25 bits per heavy atom. The number of aliphatic hydroxyl groups is 1. The molecule has 8 heteroatoms. The highest BCUT2D eigenvalue weighted by atomic mass is 16.7. The monoisotopic (exact) mass is 278 g/mol. The third-order valence-electron chi connectivity index (χ3n) is 3.72. The summed E-state index contributed by atoms with van der Waals surface area (Å²) in [6, 6.07) is 1.85. The van der Waals surface area contributed by atoms with Gasteiger partial charge in [-0.3, -0.25) is 0 Å². The first-order chi connectivity index (χ1) is 9.72. The largest absolute Gasteiger partial charge is 0.480 e. The highest BCUT2D eigenvalue weighted by Gasteiger charge is 2.58. The molecular formula is C12H14N4O4. The van der Waals surface area contributed by atoms with Gasteiger partial charge in [0.15, 0.2) is 11.9 Å². The van der Waals surface area contributed by atoms with E-state index in [9.17, 15) is 5.11 Å². The summed E-state index contributed by atoms with van der Waals surface area (Å²) in [7, 11) is 1.53. The quantitative estimate of drug-likeness (QED) is 0.741. The number of fused-ring (bicyclic) bond motifs is 2. The number of nitrogens with zero attached hydrogens (tertiary/aromatic N) is 3. The smallest absolute Gasteiger partial charge is 0.227 e. The third kappa shape index (κ3) is 1.52. The molecule has 0 saturated carbocycles. The summed E-state index contributed by atoms with van der Waals surface area (Å²) >= 11 is 0. The van der Waals surface area contributed by atoms with E-state index in [1.807, 2.05) is 16.8 Å². The van der Waals surface area contributed by atoms with Gasteiger partial charge in [-0.15, -0.1) is 0 Å². The molecule has 2 aliphatic heterocycles. The number of hydrogen-bond acceptors (Lipinski definition) is 7. The Labute approximate surface area is 114 Å². The molecule has 0 spiro atoms. The van der Waals surface area contributed by atoms with Gasteiger partial charge in [0.05, 0.1) is 19.1 Å². The molecule has 20 heavy (non-hydrogen) atoms. The highest BCUT2D eigenvalue weighted by Crippen LogP contribution is 2.45. The molecule has 2 aromatic rings. The first-order valence-electron chi connectivity index (χ1n) is 6.32. The van der Waals surface area contributed by atoms with Gasteiger partial charge in [-0.05, 0) is 6.07 Å². The molecule has 2 aromatic heterocycles. The number of ether oxygens (including phenoxy) is 3. The topological polar surface area (TPSA) is 108 Å². The van der Waals surface area contributed by atoms with Gasteiger partial charge in [-0.2, -0.15) is 9.97 Å². The van der Waals surface area contributed by atoms with E-state index in [4.69, 9.17) is 19.9 Å². The fraction of sp³-hybridized carbons (Fsp3) is 0.500. The zero-order chi connectivity index (χ0) is 13.9. The molecule has 4 heterocycles. The SMILES string of the molecule is COc1nc(N)nc2c1ccn2C1O[C@H](CO)[C@H]2O[C@@H]12. The highest BCUT2D eigenvalue weighted by molar-refractivity contribution is 5.82. The van der Waals surface area contributed by atoms with Crippen LogP contribution in [0.5, 0.6) is 5.88 Å². The molecule has 2 aliphatic rings. The van der Waals surface area contributed by atoms with Crippen LogP contribution in [0.2, 0.25) is 0 Å². The lowest BCUT2D eigenvalue weighted by atomic mass is 10.2. The standard InChI is InChI=1S/C12H14N4O4/c1-18-10-5-2-3-16(9(5)14-12(13)15-10)11-8-7(20-8)6(4-17)19-11/h2-3,6-8,11,17H,4H2,1H3,(H2,13,14,15)/t6-,7-,8-,11?/m1/s1. The van der Waals surface area contributed by atoms with Crippen LogP contribution in [0.15, 0.2) is 12.3 Å². The van der Waals surface area contributed by atoms with E-state index in [1.54, 1.807) is 0 Å². The number of aliphatic hydroxyl groups excluding tert-OH is 1. The summed E-state index contributed by atoms with van der Waals surface area (Å²) in [5.41, 5.74) is 6.33. The van der Waals surface area contributed by atoms with Crippen LogP contribution in [0, 0.1) is 0 Å². The lowest BCUT2D eigenvalue weighted by Gasteiger charge is -2.18. The Morgan fingerprint density at radius 1 is 1.40 bits per heavy atom. The zero-order valence-electron chi connectivity index (χ0n) is 10.8. The van der Waals surface area contributed by atoms with Gasteiger partial charge in [0.2, 0.25) is 11.8 Å². The van der Waals surface area contributed by atoms with E-state index >= 15 is 0 Å². The Bertz CT molecular complexity index is 673. The van der Waals surface area contributed by atoms with Crippen molar-refractivity contribution in [1.82, 2.24) is 14.5 Å². The summed E-state index contributed by atoms with van der Waals surface area (Å²) in [5.74, 6) is 0.565. The zero-order valence-corrected chi connectivity index (χ0v) is 10.8. The van der Waals surface area contributed by atoms with Crippen LogP contribution in [0.4, 0.5) is 5.95 Å². The first kappa shape index (κ1) is 11.9. The Kier molecular flexibility index (Phi) is 2.40. The van der Waals surface area contributed by atoms with Crippen molar-refractivity contribution in [2.24, 2.45) is 0 Å². The minimum absolute atomic E-state index is 0.0384. The van der Waals surface area contributed by atoms with Crippen LogP contribution < -0.4 is 10.5 Å². The maximum absolute atomic E-state index is 9.24. The molecule has 0 aliphatic carbocycles. The number of nitrogens with two attached hydrogens (primary N) is 1. The van der Waals surface area contributed by atoms with Crippen molar-refractivity contribution in [1.29, 1.82) is 0 Å². The molecule has 2 fully saturated rings. The summed E-state index contributed by atoms with van der Waals surface area (Å²) in [5, 5.41) is 10.00. The van der Waals surface area contributed by atoms with Gasteiger partial charge in [-0.1, -0.05) is 0 Å². The summed E-state index contributed by atoms with van der Waals surface area (Å²) in [6.07, 6.45) is 1.15. The van der Waals surface area contributed by atoms with Gasteiger partial charge in [0, 0.05) is 6.20 Å². The Hall–Kier alpha value is -1.90. The lowest BCUT2D eigenvalue weighted by molar-refractivity contribution is -0.0821. The van der Waals surface area contributed by atoms with Crippen molar-refractivity contribution in [3.8, 4) is 5.88 Å². The van der Waals surface area contributed by atoms with Gasteiger partial charge < -0.3 is 29.6 Å². The van der Waals surface area contributed by atoms with E-state index in [-0.39, 0.29) is 37.1 Å². The summed E-state index contributed by atoms with van der Waals surface area (Å²) in [4.78, 5) is 8.28. The molecule has 106 valence electrons. The predicted octanol–water partition coefficient (Wildman–Crippen LogP) is -0.321. The Balaban J connectivity index is 1.80. The molecule has 0 aromatic carbocycles. The van der Waals surface area contributed by atoms with Crippen molar-refractivity contribution in [2.45, 2.75) is 24.5 Å². The Morgan fingerprint density at radius 3 is 2.95 bits per heavy atom. The normalized spacial score (nSPS) is 31.5. The number of epoxide rings is 1. The molecular weight excluding hydrogens is 264 g/mol. The number of nitrogen functional groups attached to an aromatic ring is 1. The number of rotatable bonds is 3. The molecule has 8 nitrogen and oxygen atoms in total. The maximum atomic E-state index is 9.24. The molecule has 1 unspecified atom stereocenters. The van der Waals surface area contributed by atoms with Crippen molar-refractivity contribution in [2.75, 3.05) is 19.5 Å². The van der Waals surface area contributed by atoms with Crippen LogP contribution in [0.1, 0.15) is 6.23 Å². The molecule has 0 bridgehead atoms. The first-order valence-corrected chi connectivity index (χ1v) is 6.32. The fourth-order valence-electron chi connectivity index (χ4n) is 2.75. The molecule has 0 radical (unpaired) electrons. The van der Waals surface area contributed by atoms with E-state index in [0.29, 0.717) is 11.5 Å². The minimum atomic E-state index is -0.311. The van der Waals surface area contributed by atoms with Crippen molar-refractivity contribution >= 4 is 17.0 Å². The second-order valence-corrected chi connectivity index (χ2v) is 4.86. The average molecular weight is 278 g/mol. The van der Waals surface area contributed by atoms with Gasteiger partial charge in [0.25, 0.3) is 0 Å². The van der Waals surface area contributed by atoms with Gasteiger partial charge >= 0.3 is 0 Å². The summed E-state index contributed by atoms with van der Waals surface area (Å²) in [6.45, 7) is -0.0582. The minimum Gasteiger partial charge on any atom is -0.480 e. The molecule has 3 N–H and O–H groups in total. The fourth-order valence-corrected chi connectivity index (χ4v) is 2.75. The second kappa shape index (κ2) is 4.05. The van der Waals surface area contributed by atoms with Crippen molar-refractivity contribution in [3.63, 3.8) is 0 Å². The summed E-state index contributed by atoms with van der Waals surface area (Å²) < 4.78 is 18.4. The lowest BCUT2D eigenvalue weighted by Crippen LogP contribution is -2.22. The van der Waals surface area contributed by atoms with Crippen LogP contribution in [0.3, 0.4) is 0 Å². The molecule has 2 saturated heterocycles. The van der Waals surface area contributed by atoms with Crippen molar-refractivity contribution in [3.05, 3.63) is 12.3 Å². The number of methoxy groups -OCH3 is 1. The predicted molar refractivity (Wildman–Crippen MR) is 68.1 cm³/mol. The van der Waals surface area contributed by atoms with E-state index < -0.39 is 0 Å². The van der Waals surface area contributed by atoms with Gasteiger partial charge in [-0.25, -0.2) is 0 Å². The van der Waals surface area contributed by atoms with Crippen LogP contribution in [0.25, 0.3) is 11.0 Å². The van der Waals surface area contributed by atoms with Crippen LogP contribution in [-0.2, 0) is 9.47 Å². The van der Waals surface area contributed by atoms with E-state index in [1.165, 1.54) is 7.11 Å². The molecule has 0 amide bonds. The van der Waals surface area contributed by atoms with E-state index in [0.717, 1.165) is 5.39 Å².